The van der Waals surface area contributed by atoms with Gasteiger partial charge in [0.2, 0.25) is 0 Å². The Balaban J connectivity index is 2.33. The van der Waals surface area contributed by atoms with Crippen LogP contribution in [0.4, 0.5) is 0 Å². The minimum atomic E-state index is 0.353. The fraction of sp³-hybridized carbons (Fsp3) is 0.793. The molecule has 0 spiro atoms. The summed E-state index contributed by atoms with van der Waals surface area (Å²) in [6.45, 7) is 20.0. The van der Waals surface area contributed by atoms with Gasteiger partial charge in [-0.1, -0.05) is 58.4 Å². The number of benzene rings is 1. The summed E-state index contributed by atoms with van der Waals surface area (Å²) >= 11 is 0. The molecule has 1 N–H and O–H groups in total. The minimum absolute atomic E-state index is 0.353. The van der Waals surface area contributed by atoms with Crippen molar-refractivity contribution in [2.24, 2.45) is 5.41 Å². The van der Waals surface area contributed by atoms with E-state index in [1.807, 2.05) is 0 Å². The highest BCUT2D eigenvalue weighted by Gasteiger charge is 2.33. The fourth-order valence-corrected chi connectivity index (χ4v) is 4.74. The van der Waals surface area contributed by atoms with Gasteiger partial charge in [0.25, 0.3) is 0 Å². The van der Waals surface area contributed by atoms with Crippen LogP contribution in [0.5, 0.6) is 0 Å². The van der Waals surface area contributed by atoms with E-state index < -0.39 is 0 Å². The highest BCUT2D eigenvalue weighted by Crippen LogP contribution is 2.27. The first-order valence-electron chi connectivity index (χ1n) is 13.2. The van der Waals surface area contributed by atoms with Crippen LogP contribution in [0.1, 0.15) is 84.8 Å². The van der Waals surface area contributed by atoms with Gasteiger partial charge < -0.3 is 14.3 Å². The molecule has 0 heterocycles. The van der Waals surface area contributed by atoms with Crippen LogP contribution >= 0.6 is 0 Å². The van der Waals surface area contributed by atoms with Crippen molar-refractivity contribution in [2.45, 2.75) is 92.2 Å². The molecule has 3 heteroatoms. The number of rotatable bonds is 16. The molecule has 1 aromatic carbocycles. The van der Waals surface area contributed by atoms with Gasteiger partial charge in [-0.2, -0.15) is 0 Å². The van der Waals surface area contributed by atoms with Crippen molar-refractivity contribution in [1.82, 2.24) is 5.32 Å². The molecule has 0 aromatic heterocycles. The first-order valence-corrected chi connectivity index (χ1v) is 13.2. The lowest BCUT2D eigenvalue weighted by Crippen LogP contribution is -2.56. The smallest absolute Gasteiger partial charge is 0.104 e. The molecule has 0 unspecified atom stereocenters. The van der Waals surface area contributed by atoms with Gasteiger partial charge in [-0.25, -0.2) is 0 Å². The first-order chi connectivity index (χ1) is 14.7. The monoisotopic (exact) mass is 447 g/mol. The van der Waals surface area contributed by atoms with Crippen LogP contribution in [0.25, 0.3) is 0 Å². The molecule has 0 aliphatic rings. The van der Waals surface area contributed by atoms with Crippen LogP contribution in [0.2, 0.25) is 0 Å². The van der Waals surface area contributed by atoms with Gasteiger partial charge in [0.15, 0.2) is 0 Å². The summed E-state index contributed by atoms with van der Waals surface area (Å²) in [5, 5.41) is 3.68. The second-order valence-corrected chi connectivity index (χ2v) is 12.8. The van der Waals surface area contributed by atoms with Gasteiger partial charge in [-0.3, -0.25) is 0 Å². The van der Waals surface area contributed by atoms with E-state index in [1.54, 1.807) is 0 Å². The van der Waals surface area contributed by atoms with E-state index in [4.69, 9.17) is 0 Å². The number of nitrogens with zero attached hydrogens (tertiary/aromatic N) is 2. The molecule has 0 saturated heterocycles. The van der Waals surface area contributed by atoms with Crippen molar-refractivity contribution in [3.8, 4) is 0 Å². The molecule has 0 saturated carbocycles. The van der Waals surface area contributed by atoms with Gasteiger partial charge in [0, 0.05) is 31.5 Å². The van der Waals surface area contributed by atoms with Gasteiger partial charge in [-0.15, -0.1) is 0 Å². The molecule has 3 nitrogen and oxygen atoms in total. The molecule has 1 aromatic rings. The molecule has 0 aliphatic carbocycles. The van der Waals surface area contributed by atoms with Crippen molar-refractivity contribution in [2.75, 3.05) is 54.4 Å². The zero-order valence-corrected chi connectivity index (χ0v) is 23.5. The van der Waals surface area contributed by atoms with Gasteiger partial charge in [-0.05, 0) is 44.1 Å². The largest absolute Gasteiger partial charge is 0.325 e. The van der Waals surface area contributed by atoms with E-state index in [2.05, 4.69) is 99.3 Å². The molecular formula is C29H57N3+2. The Morgan fingerprint density at radius 3 is 1.84 bits per heavy atom. The maximum atomic E-state index is 3.68. The van der Waals surface area contributed by atoms with Gasteiger partial charge in [0.05, 0.1) is 46.8 Å². The Bertz CT molecular complexity index is 641. The molecule has 0 atom stereocenters. The van der Waals surface area contributed by atoms with Crippen molar-refractivity contribution in [3.05, 3.63) is 35.4 Å². The maximum absolute atomic E-state index is 3.68. The molecule has 1 rings (SSSR count). The third-order valence-corrected chi connectivity index (χ3v) is 7.93. The fourth-order valence-electron chi connectivity index (χ4n) is 4.74. The van der Waals surface area contributed by atoms with E-state index in [0.29, 0.717) is 11.0 Å². The minimum Gasteiger partial charge on any atom is -0.325 e. The highest BCUT2D eigenvalue weighted by molar-refractivity contribution is 5.23. The normalized spacial score (nSPS) is 13.6. The summed E-state index contributed by atoms with van der Waals surface area (Å²) in [6, 6.07) is 9.42. The topological polar surface area (TPSA) is 12.0 Å². The van der Waals surface area contributed by atoms with Crippen LogP contribution in [-0.2, 0) is 13.0 Å². The summed E-state index contributed by atoms with van der Waals surface area (Å²) in [4.78, 5) is 0. The van der Waals surface area contributed by atoms with Crippen molar-refractivity contribution < 1.29 is 8.97 Å². The summed E-state index contributed by atoms with van der Waals surface area (Å²) in [5.41, 5.74) is 3.69. The second-order valence-electron chi connectivity index (χ2n) is 12.8. The van der Waals surface area contributed by atoms with Crippen LogP contribution in [0.15, 0.2) is 24.3 Å². The van der Waals surface area contributed by atoms with Crippen molar-refractivity contribution in [1.29, 1.82) is 0 Å². The van der Waals surface area contributed by atoms with E-state index in [-0.39, 0.29) is 0 Å². The standard InChI is InChI=1S/C29H57N3/c1-11-19-28(3,4)24-26-15-17-27(18-16-26)25-31(7,8)22-13-20-30-21-14-23-32(9,10)29(5,6)12-2/h15-18,30H,11-14,19-25H2,1-10H3/q+2. The predicted molar refractivity (Wildman–Crippen MR) is 143 cm³/mol. The summed E-state index contributed by atoms with van der Waals surface area (Å²) < 4.78 is 2.15. The molecule has 0 fully saturated rings. The average Bonchev–Trinajstić information content (AvgIpc) is 2.68. The van der Waals surface area contributed by atoms with Crippen LogP contribution < -0.4 is 5.32 Å². The molecule has 186 valence electrons. The Kier molecular flexibility index (Phi) is 11.4. The third kappa shape index (κ3) is 10.4. The average molecular weight is 448 g/mol. The Labute approximate surface area is 201 Å². The molecule has 0 bridgehead atoms. The number of quaternary nitrogens is 2. The summed E-state index contributed by atoms with van der Waals surface area (Å²) in [7, 11) is 9.49. The number of hydrogen-bond donors (Lipinski definition) is 1. The summed E-state index contributed by atoms with van der Waals surface area (Å²) in [5.74, 6) is 0. The Morgan fingerprint density at radius 2 is 1.31 bits per heavy atom. The Hall–Kier alpha value is -0.900. The van der Waals surface area contributed by atoms with E-state index in [9.17, 15) is 0 Å². The maximum Gasteiger partial charge on any atom is 0.104 e. The van der Waals surface area contributed by atoms with Crippen LogP contribution in [0, 0.1) is 5.41 Å². The first kappa shape index (κ1) is 29.1. The molecule has 32 heavy (non-hydrogen) atoms. The second kappa shape index (κ2) is 12.5. The van der Waals surface area contributed by atoms with Crippen LogP contribution in [0.3, 0.4) is 0 Å². The Morgan fingerprint density at radius 1 is 0.781 bits per heavy atom. The van der Waals surface area contributed by atoms with E-state index in [0.717, 1.165) is 28.6 Å². The van der Waals surface area contributed by atoms with Gasteiger partial charge in [0.1, 0.15) is 6.54 Å². The highest BCUT2D eigenvalue weighted by atomic mass is 15.4. The zero-order chi connectivity index (χ0) is 24.5. The SMILES string of the molecule is CCCC(C)(C)Cc1ccc(C[N+](C)(C)CCCNCCC[N+](C)(C)C(C)(C)CC)cc1. The zero-order valence-electron chi connectivity index (χ0n) is 23.5. The van der Waals surface area contributed by atoms with Crippen LogP contribution in [-0.4, -0.2) is 68.9 Å². The molecule has 0 radical (unpaired) electrons. The van der Waals surface area contributed by atoms with Crippen molar-refractivity contribution >= 4 is 0 Å². The lowest BCUT2D eigenvalue weighted by atomic mass is 9.82. The molecule has 0 amide bonds. The number of hydrogen-bond acceptors (Lipinski definition) is 1. The quantitative estimate of drug-likeness (QED) is 0.233. The molecule has 0 aliphatic heterocycles. The predicted octanol–water partition coefficient (Wildman–Crippen LogP) is 6.27. The summed E-state index contributed by atoms with van der Waals surface area (Å²) in [6.07, 6.45) is 7.43. The lowest BCUT2D eigenvalue weighted by molar-refractivity contribution is -0.938. The number of nitrogens with one attached hydrogen (secondary N) is 1. The third-order valence-electron chi connectivity index (χ3n) is 7.93. The van der Waals surface area contributed by atoms with Gasteiger partial charge >= 0.3 is 0 Å². The van der Waals surface area contributed by atoms with Crippen molar-refractivity contribution in [3.63, 3.8) is 0 Å². The van der Waals surface area contributed by atoms with E-state index >= 15 is 0 Å². The van der Waals surface area contributed by atoms with E-state index in [1.165, 1.54) is 62.7 Å². The lowest BCUT2D eigenvalue weighted by Gasteiger charge is -2.44. The molecular weight excluding hydrogens is 390 g/mol.